The molecule has 0 atom stereocenters. The van der Waals surface area contributed by atoms with Crippen LogP contribution in [0.3, 0.4) is 0 Å². The molecular weight excluding hydrogens is 202 g/mol. The minimum atomic E-state index is 0.879. The maximum absolute atomic E-state index is 5.07. The van der Waals surface area contributed by atoms with Crippen LogP contribution in [-0.4, -0.2) is 11.5 Å². The topological polar surface area (TPSA) is 22.1 Å². The molecule has 0 saturated heterocycles. The van der Waals surface area contributed by atoms with Gasteiger partial charge < -0.3 is 4.74 Å². The van der Waals surface area contributed by atoms with Crippen LogP contribution >= 0.6 is 22.9 Å². The molecule has 0 saturated carbocycles. The summed E-state index contributed by atoms with van der Waals surface area (Å²) in [6.45, 7) is 0. The van der Waals surface area contributed by atoms with E-state index in [1.807, 2.05) is 29.0 Å². The number of ether oxygens (including phenoxy) is 1. The lowest BCUT2D eigenvalue weighted by molar-refractivity contribution is 0.415. The fourth-order valence-electron chi connectivity index (χ4n) is 1.01. The van der Waals surface area contributed by atoms with Gasteiger partial charge in [0, 0.05) is 5.56 Å². The first-order valence-electron chi connectivity index (χ1n) is 3.77. The highest BCUT2D eigenvalue weighted by atomic mass is 32.2. The summed E-state index contributed by atoms with van der Waals surface area (Å²) in [4.78, 5) is 0. The Kier molecular flexibility index (Phi) is 2.52. The van der Waals surface area contributed by atoms with E-state index in [0.29, 0.717) is 0 Å². The number of aromatic nitrogens is 1. The lowest BCUT2D eigenvalue weighted by atomic mass is 10.2. The second-order valence-electron chi connectivity index (χ2n) is 2.44. The standard InChI is InChI=1S/C9H8NOS2/c1-11-8-4-2-7(3-5-8)9-10-13-6-12-9/h2-6H,1H3/q+1. The van der Waals surface area contributed by atoms with Gasteiger partial charge in [0.05, 0.1) is 7.11 Å². The Morgan fingerprint density at radius 1 is 1.31 bits per heavy atom. The van der Waals surface area contributed by atoms with Crippen molar-refractivity contribution in [3.8, 4) is 16.3 Å². The van der Waals surface area contributed by atoms with E-state index >= 15 is 0 Å². The molecule has 13 heavy (non-hydrogen) atoms. The molecule has 0 amide bonds. The fraction of sp³-hybridized carbons (Fsp3) is 0.111. The molecule has 1 aromatic heterocycles. The van der Waals surface area contributed by atoms with Gasteiger partial charge in [-0.2, -0.15) is 0 Å². The van der Waals surface area contributed by atoms with Crippen LogP contribution in [0.1, 0.15) is 0 Å². The van der Waals surface area contributed by atoms with Gasteiger partial charge in [-0.15, -0.1) is 0 Å². The highest BCUT2D eigenvalue weighted by molar-refractivity contribution is 7.26. The lowest BCUT2D eigenvalue weighted by Crippen LogP contribution is -1.81. The van der Waals surface area contributed by atoms with E-state index in [-0.39, 0.29) is 0 Å². The molecule has 1 aromatic carbocycles. The van der Waals surface area contributed by atoms with Crippen LogP contribution in [0, 0.1) is 0 Å². The van der Waals surface area contributed by atoms with Gasteiger partial charge >= 0.3 is 0 Å². The summed E-state index contributed by atoms with van der Waals surface area (Å²) in [6.07, 6.45) is 0. The number of methoxy groups -OCH3 is 1. The van der Waals surface area contributed by atoms with Crippen molar-refractivity contribution in [2.75, 3.05) is 7.11 Å². The van der Waals surface area contributed by atoms with E-state index in [9.17, 15) is 0 Å². The van der Waals surface area contributed by atoms with E-state index in [1.54, 1.807) is 18.4 Å². The maximum Gasteiger partial charge on any atom is 0.268 e. The molecule has 0 aliphatic rings. The Labute approximate surface area is 84.6 Å². The summed E-state index contributed by atoms with van der Waals surface area (Å²) in [5.74, 6) is 0.879. The highest BCUT2D eigenvalue weighted by Crippen LogP contribution is 2.25. The van der Waals surface area contributed by atoms with Crippen LogP contribution in [0.25, 0.3) is 10.6 Å². The van der Waals surface area contributed by atoms with E-state index in [4.69, 9.17) is 4.74 Å². The molecule has 0 radical (unpaired) electrons. The van der Waals surface area contributed by atoms with Gasteiger partial charge in [-0.25, -0.2) is 0 Å². The minimum Gasteiger partial charge on any atom is -0.497 e. The average molecular weight is 210 g/mol. The van der Waals surface area contributed by atoms with E-state index in [0.717, 1.165) is 16.3 Å². The monoisotopic (exact) mass is 210 g/mol. The SMILES string of the molecule is COc1ccc(-c2nsc[s+]2)cc1. The zero-order valence-electron chi connectivity index (χ0n) is 7.06. The van der Waals surface area contributed by atoms with Gasteiger partial charge in [-0.1, -0.05) is 0 Å². The average Bonchev–Trinajstić information content (AvgIpc) is 2.71. The molecule has 0 fully saturated rings. The summed E-state index contributed by atoms with van der Waals surface area (Å²) < 4.78 is 11.3. The highest BCUT2D eigenvalue weighted by Gasteiger charge is 2.08. The number of hydrogen-bond donors (Lipinski definition) is 0. The van der Waals surface area contributed by atoms with Crippen LogP contribution in [0.5, 0.6) is 5.75 Å². The largest absolute Gasteiger partial charge is 0.497 e. The lowest BCUT2D eigenvalue weighted by Gasteiger charge is -1.97. The summed E-state index contributed by atoms with van der Waals surface area (Å²) >= 11 is 3.14. The minimum absolute atomic E-state index is 0.879. The molecule has 0 N–H and O–H groups in total. The van der Waals surface area contributed by atoms with Crippen molar-refractivity contribution >= 4 is 22.9 Å². The summed E-state index contributed by atoms with van der Waals surface area (Å²) in [5.41, 5.74) is 1.15. The molecule has 2 nitrogen and oxygen atoms in total. The Balaban J connectivity index is 2.33. The summed E-state index contributed by atoms with van der Waals surface area (Å²) in [6, 6.07) is 7.93. The van der Waals surface area contributed by atoms with Crippen molar-refractivity contribution in [3.05, 3.63) is 29.0 Å². The van der Waals surface area contributed by atoms with E-state index in [1.165, 1.54) is 11.5 Å². The molecule has 1 heterocycles. The van der Waals surface area contributed by atoms with Gasteiger partial charge in [0.1, 0.15) is 17.1 Å². The Morgan fingerprint density at radius 3 is 2.62 bits per heavy atom. The molecule has 0 unspecified atom stereocenters. The first kappa shape index (κ1) is 8.59. The quantitative estimate of drug-likeness (QED) is 0.710. The molecule has 2 aromatic rings. The second-order valence-corrected chi connectivity index (χ2v) is 4.23. The Bertz CT molecular complexity index is 369. The van der Waals surface area contributed by atoms with Gasteiger partial charge in [-0.3, -0.25) is 0 Å². The van der Waals surface area contributed by atoms with Crippen LogP contribution in [0.15, 0.2) is 29.0 Å². The van der Waals surface area contributed by atoms with Gasteiger partial charge in [0.2, 0.25) is 11.5 Å². The van der Waals surface area contributed by atoms with Crippen molar-refractivity contribution in [1.82, 2.24) is 4.37 Å². The number of hydrogen-bond acceptors (Lipinski definition) is 3. The van der Waals surface area contributed by atoms with Crippen molar-refractivity contribution in [1.29, 1.82) is 0 Å². The van der Waals surface area contributed by atoms with Crippen molar-refractivity contribution in [2.45, 2.75) is 0 Å². The van der Waals surface area contributed by atoms with Crippen LogP contribution in [0.2, 0.25) is 0 Å². The smallest absolute Gasteiger partial charge is 0.268 e. The van der Waals surface area contributed by atoms with Gasteiger partial charge in [0.15, 0.2) is 0 Å². The normalized spacial score (nSPS) is 9.92. The molecule has 0 spiro atoms. The predicted molar refractivity (Wildman–Crippen MR) is 56.4 cm³/mol. The summed E-state index contributed by atoms with van der Waals surface area (Å²) in [7, 11) is 1.67. The first-order valence-corrected chi connectivity index (χ1v) is 5.48. The number of nitrogens with zero attached hydrogens (tertiary/aromatic N) is 1. The number of benzene rings is 1. The van der Waals surface area contributed by atoms with Crippen molar-refractivity contribution in [3.63, 3.8) is 0 Å². The fourth-order valence-corrected chi connectivity index (χ4v) is 2.50. The third kappa shape index (κ3) is 1.84. The van der Waals surface area contributed by atoms with Gasteiger partial charge in [0.25, 0.3) is 9.70 Å². The third-order valence-electron chi connectivity index (χ3n) is 1.68. The van der Waals surface area contributed by atoms with Crippen LogP contribution in [0.4, 0.5) is 0 Å². The zero-order valence-corrected chi connectivity index (χ0v) is 8.69. The molecule has 66 valence electrons. The number of rotatable bonds is 2. The Morgan fingerprint density at radius 2 is 2.08 bits per heavy atom. The Hall–Kier alpha value is -1.00. The maximum atomic E-state index is 5.07. The predicted octanol–water partition coefficient (Wildman–Crippen LogP) is 3.16. The molecule has 0 aliphatic carbocycles. The van der Waals surface area contributed by atoms with Crippen molar-refractivity contribution < 1.29 is 4.74 Å². The molecule has 4 heteroatoms. The molecular formula is C9H8NOS2+. The molecule has 0 bridgehead atoms. The zero-order chi connectivity index (χ0) is 9.10. The van der Waals surface area contributed by atoms with E-state index in [2.05, 4.69) is 4.37 Å². The summed E-state index contributed by atoms with van der Waals surface area (Å²) in [5, 5.41) is 1.06. The van der Waals surface area contributed by atoms with Crippen molar-refractivity contribution in [2.24, 2.45) is 0 Å². The van der Waals surface area contributed by atoms with Crippen LogP contribution in [-0.2, 0) is 0 Å². The third-order valence-corrected chi connectivity index (χ3v) is 3.36. The van der Waals surface area contributed by atoms with E-state index < -0.39 is 0 Å². The molecule has 2 rings (SSSR count). The second kappa shape index (κ2) is 3.81. The first-order chi connectivity index (χ1) is 6.40. The van der Waals surface area contributed by atoms with Gasteiger partial charge in [-0.05, 0) is 28.6 Å². The molecule has 0 aliphatic heterocycles. The van der Waals surface area contributed by atoms with Crippen LogP contribution < -0.4 is 4.74 Å².